The van der Waals surface area contributed by atoms with Crippen molar-refractivity contribution in [3.8, 4) is 0 Å². The molecule has 0 unspecified atom stereocenters. The number of carbonyl (C=O) groups is 1. The van der Waals surface area contributed by atoms with Gasteiger partial charge in [-0.2, -0.15) is 0 Å². The molecule has 1 aromatic carbocycles. The van der Waals surface area contributed by atoms with Crippen LogP contribution >= 0.6 is 22.9 Å². The number of thiazole rings is 1. The Morgan fingerprint density at radius 1 is 1.45 bits per heavy atom. The second-order valence-electron chi connectivity index (χ2n) is 5.07. The zero-order valence-electron chi connectivity index (χ0n) is 10.8. The van der Waals surface area contributed by atoms with E-state index in [0.29, 0.717) is 17.4 Å². The van der Waals surface area contributed by atoms with Gasteiger partial charge in [-0.25, -0.2) is 4.98 Å². The second-order valence-corrected chi connectivity index (χ2v) is 6.67. The summed E-state index contributed by atoms with van der Waals surface area (Å²) in [7, 11) is 0. The first-order valence-electron chi connectivity index (χ1n) is 6.56. The normalized spacial score (nSPS) is 14.4. The summed E-state index contributed by atoms with van der Waals surface area (Å²) in [6, 6.07) is 7.71. The monoisotopic (exact) mass is 307 g/mol. The summed E-state index contributed by atoms with van der Waals surface area (Å²) in [5.41, 5.74) is 2.12. The molecule has 0 amide bonds. The summed E-state index contributed by atoms with van der Waals surface area (Å²) in [5, 5.41) is 10.7. The fraction of sp³-hybridized carbons (Fsp3) is 0.333. The summed E-state index contributed by atoms with van der Waals surface area (Å²) in [5.74, 6) is -0.307. The van der Waals surface area contributed by atoms with Gasteiger partial charge in [0.1, 0.15) is 0 Å². The van der Waals surface area contributed by atoms with E-state index in [1.54, 1.807) is 0 Å². The molecule has 1 aromatic heterocycles. The predicted octanol–water partition coefficient (Wildman–Crippen LogP) is 3.89. The molecule has 104 valence electrons. The van der Waals surface area contributed by atoms with Crippen LogP contribution in [0.4, 0.5) is 0 Å². The number of nitrogens with zero attached hydrogens (tertiary/aromatic N) is 1. The maximum absolute atomic E-state index is 10.9. The lowest BCUT2D eigenvalue weighted by molar-refractivity contribution is -0.136. The van der Waals surface area contributed by atoms with Gasteiger partial charge in [-0.3, -0.25) is 4.79 Å². The maximum atomic E-state index is 10.9. The van der Waals surface area contributed by atoms with E-state index in [2.05, 4.69) is 4.98 Å². The first-order valence-corrected chi connectivity index (χ1v) is 7.76. The molecule has 5 heteroatoms. The Hall–Kier alpha value is -1.39. The fourth-order valence-electron chi connectivity index (χ4n) is 2.25. The zero-order chi connectivity index (χ0) is 14.1. The van der Waals surface area contributed by atoms with Crippen LogP contribution in [0.2, 0.25) is 5.02 Å². The van der Waals surface area contributed by atoms with Gasteiger partial charge in [0, 0.05) is 22.2 Å². The lowest BCUT2D eigenvalue weighted by atomic mass is 10.1. The highest BCUT2D eigenvalue weighted by Gasteiger charge is 2.30. The number of halogens is 1. The van der Waals surface area contributed by atoms with Gasteiger partial charge in [0.2, 0.25) is 0 Å². The van der Waals surface area contributed by atoms with Gasteiger partial charge in [0.05, 0.1) is 17.1 Å². The highest BCUT2D eigenvalue weighted by Crippen LogP contribution is 2.43. The van der Waals surface area contributed by atoms with Crippen LogP contribution in [-0.2, 0) is 17.6 Å². The molecule has 1 aliphatic carbocycles. The molecule has 1 N–H and O–H groups in total. The van der Waals surface area contributed by atoms with Crippen molar-refractivity contribution in [3.05, 3.63) is 50.4 Å². The third-order valence-electron chi connectivity index (χ3n) is 3.29. The van der Waals surface area contributed by atoms with Gasteiger partial charge in [0.15, 0.2) is 0 Å². The topological polar surface area (TPSA) is 50.2 Å². The second kappa shape index (κ2) is 5.54. The molecular weight excluding hydrogens is 294 g/mol. The van der Waals surface area contributed by atoms with E-state index in [9.17, 15) is 4.79 Å². The molecule has 0 spiro atoms. The van der Waals surface area contributed by atoms with Crippen molar-refractivity contribution in [2.45, 2.75) is 31.6 Å². The third-order valence-corrected chi connectivity index (χ3v) is 4.60. The van der Waals surface area contributed by atoms with Gasteiger partial charge in [-0.1, -0.05) is 23.7 Å². The van der Waals surface area contributed by atoms with E-state index in [1.165, 1.54) is 11.3 Å². The molecular formula is C15H14ClNO2S. The SMILES string of the molecule is O=C(O)Cc1sc(Cc2cccc(Cl)c2)nc1C1CC1. The van der Waals surface area contributed by atoms with Crippen LogP contribution < -0.4 is 0 Å². The number of carboxylic acids is 1. The van der Waals surface area contributed by atoms with Crippen LogP contribution in [0.15, 0.2) is 24.3 Å². The average Bonchev–Trinajstić information content (AvgIpc) is 3.13. The summed E-state index contributed by atoms with van der Waals surface area (Å²) in [6.07, 6.45) is 3.06. The largest absolute Gasteiger partial charge is 0.481 e. The van der Waals surface area contributed by atoms with Crippen molar-refractivity contribution in [2.24, 2.45) is 0 Å². The van der Waals surface area contributed by atoms with Crippen molar-refractivity contribution in [1.82, 2.24) is 4.98 Å². The standard InChI is InChI=1S/C15H14ClNO2S/c16-11-3-1-2-9(6-11)7-13-17-15(10-4-5-10)12(20-13)8-14(18)19/h1-3,6,10H,4-5,7-8H2,(H,18,19). The average molecular weight is 308 g/mol. The zero-order valence-corrected chi connectivity index (χ0v) is 12.4. The van der Waals surface area contributed by atoms with Crippen molar-refractivity contribution in [2.75, 3.05) is 0 Å². The van der Waals surface area contributed by atoms with Crippen molar-refractivity contribution >= 4 is 28.9 Å². The van der Waals surface area contributed by atoms with Gasteiger partial charge in [-0.15, -0.1) is 11.3 Å². The summed E-state index contributed by atoms with van der Waals surface area (Å²) < 4.78 is 0. The molecule has 1 heterocycles. The van der Waals surface area contributed by atoms with Gasteiger partial charge >= 0.3 is 5.97 Å². The summed E-state index contributed by atoms with van der Waals surface area (Å²) in [4.78, 5) is 16.5. The predicted molar refractivity (Wildman–Crippen MR) is 79.7 cm³/mol. The smallest absolute Gasteiger partial charge is 0.308 e. The molecule has 0 saturated heterocycles. The maximum Gasteiger partial charge on any atom is 0.308 e. The van der Waals surface area contributed by atoms with Crippen LogP contribution in [0.3, 0.4) is 0 Å². The molecule has 0 bridgehead atoms. The Morgan fingerprint density at radius 3 is 2.90 bits per heavy atom. The number of aromatic nitrogens is 1. The van der Waals surface area contributed by atoms with Gasteiger partial charge in [0.25, 0.3) is 0 Å². The Balaban J connectivity index is 1.84. The van der Waals surface area contributed by atoms with Crippen LogP contribution in [0.1, 0.15) is 39.9 Å². The minimum Gasteiger partial charge on any atom is -0.481 e. The molecule has 20 heavy (non-hydrogen) atoms. The molecule has 3 nitrogen and oxygen atoms in total. The quantitative estimate of drug-likeness (QED) is 0.911. The first-order chi connectivity index (χ1) is 9.61. The van der Waals surface area contributed by atoms with Crippen molar-refractivity contribution in [3.63, 3.8) is 0 Å². The first kappa shape index (κ1) is 13.6. The molecule has 0 aliphatic heterocycles. The van der Waals surface area contributed by atoms with Crippen LogP contribution in [0, 0.1) is 0 Å². The molecule has 3 rings (SSSR count). The van der Waals surface area contributed by atoms with E-state index < -0.39 is 5.97 Å². The lowest BCUT2D eigenvalue weighted by Crippen LogP contribution is -2.00. The Labute approximate surface area is 126 Å². The summed E-state index contributed by atoms with van der Waals surface area (Å²) >= 11 is 7.50. The van der Waals surface area contributed by atoms with Crippen molar-refractivity contribution in [1.29, 1.82) is 0 Å². The van der Waals surface area contributed by atoms with Crippen LogP contribution in [0.25, 0.3) is 0 Å². The summed E-state index contributed by atoms with van der Waals surface area (Å²) in [6.45, 7) is 0. The number of hydrogen-bond acceptors (Lipinski definition) is 3. The van der Waals surface area contributed by atoms with Crippen LogP contribution in [-0.4, -0.2) is 16.1 Å². The van der Waals surface area contributed by atoms with Gasteiger partial charge < -0.3 is 5.11 Å². The third kappa shape index (κ3) is 3.19. The highest BCUT2D eigenvalue weighted by atomic mass is 35.5. The number of carboxylic acid groups (broad SMARTS) is 1. The van der Waals surface area contributed by atoms with Crippen LogP contribution in [0.5, 0.6) is 0 Å². The highest BCUT2D eigenvalue weighted by molar-refractivity contribution is 7.11. The van der Waals surface area contributed by atoms with E-state index in [0.717, 1.165) is 34.0 Å². The number of rotatable bonds is 5. The Kier molecular flexibility index (Phi) is 3.76. The Morgan fingerprint density at radius 2 is 2.25 bits per heavy atom. The van der Waals surface area contributed by atoms with Gasteiger partial charge in [-0.05, 0) is 30.5 Å². The van der Waals surface area contributed by atoms with E-state index in [1.807, 2.05) is 24.3 Å². The molecule has 0 radical (unpaired) electrons. The number of benzene rings is 1. The van der Waals surface area contributed by atoms with Crippen molar-refractivity contribution < 1.29 is 9.90 Å². The minimum atomic E-state index is -0.787. The Bertz CT molecular complexity index is 649. The molecule has 2 aromatic rings. The molecule has 0 atom stereocenters. The molecule has 1 saturated carbocycles. The number of hydrogen-bond donors (Lipinski definition) is 1. The molecule has 1 aliphatic rings. The van der Waals surface area contributed by atoms with E-state index in [-0.39, 0.29) is 6.42 Å². The minimum absolute atomic E-state index is 0.0824. The van der Waals surface area contributed by atoms with E-state index >= 15 is 0 Å². The fourth-order valence-corrected chi connectivity index (χ4v) is 3.64. The number of aliphatic carboxylic acids is 1. The lowest BCUT2D eigenvalue weighted by Gasteiger charge is -1.98. The molecule has 1 fully saturated rings. The van der Waals surface area contributed by atoms with E-state index in [4.69, 9.17) is 16.7 Å².